The summed E-state index contributed by atoms with van der Waals surface area (Å²) in [5, 5.41) is 2.65. The molecule has 3 atom stereocenters. The summed E-state index contributed by atoms with van der Waals surface area (Å²) in [6.45, 7) is 0.354. The number of imidazole rings is 1. The van der Waals surface area contributed by atoms with E-state index in [0.717, 1.165) is 9.80 Å². The molecule has 2 saturated heterocycles. The summed E-state index contributed by atoms with van der Waals surface area (Å²) in [6.07, 6.45) is 3.98. The van der Waals surface area contributed by atoms with Gasteiger partial charge in [0.1, 0.15) is 18.1 Å². The second kappa shape index (κ2) is 8.51. The number of likely N-dealkylation sites (N-methyl/N-ethyl adjacent to an activating group) is 1. The molecule has 162 valence electrons. The summed E-state index contributed by atoms with van der Waals surface area (Å²) < 4.78 is 0. The zero-order valence-electron chi connectivity index (χ0n) is 16.8. The molecule has 4 N–H and O–H groups in total. The number of likely N-dealkylation sites (tertiary alicyclic amines) is 1. The van der Waals surface area contributed by atoms with Gasteiger partial charge in [-0.25, -0.2) is 9.78 Å². The van der Waals surface area contributed by atoms with E-state index in [0.29, 0.717) is 25.1 Å². The first-order valence-corrected chi connectivity index (χ1v) is 9.61. The molecule has 6 amide bonds. The Kier molecular flexibility index (Phi) is 6.04. The fourth-order valence-corrected chi connectivity index (χ4v) is 3.80. The number of urea groups is 1. The first-order valence-electron chi connectivity index (χ1n) is 9.61. The van der Waals surface area contributed by atoms with Gasteiger partial charge in [0.2, 0.25) is 23.6 Å². The van der Waals surface area contributed by atoms with E-state index in [4.69, 9.17) is 5.73 Å². The number of hydrogen-bond acceptors (Lipinski definition) is 6. The minimum Gasteiger partial charge on any atom is -0.368 e. The minimum absolute atomic E-state index is 0.102. The van der Waals surface area contributed by atoms with Crippen molar-refractivity contribution in [2.45, 2.75) is 43.8 Å². The van der Waals surface area contributed by atoms with Crippen LogP contribution in [0.25, 0.3) is 0 Å². The van der Waals surface area contributed by atoms with E-state index in [2.05, 4.69) is 15.3 Å². The Bertz CT molecular complexity index is 855. The SMILES string of the molecule is CN1C(=O)C[C@@H](C(=O)N[C@H](Cc2cnc[nH]2)C(=O)N2CCC[C@@H]2C(N)=O)N(C)C1=O. The number of nitrogens with two attached hydrogens (primary N) is 1. The Labute approximate surface area is 172 Å². The van der Waals surface area contributed by atoms with Gasteiger partial charge in [-0.3, -0.25) is 24.1 Å². The van der Waals surface area contributed by atoms with E-state index in [1.165, 1.54) is 31.5 Å². The Morgan fingerprint density at radius 2 is 2.03 bits per heavy atom. The van der Waals surface area contributed by atoms with Crippen molar-refractivity contribution in [3.05, 3.63) is 18.2 Å². The zero-order valence-corrected chi connectivity index (χ0v) is 16.8. The van der Waals surface area contributed by atoms with Gasteiger partial charge in [0, 0.05) is 39.0 Å². The lowest BCUT2D eigenvalue weighted by atomic mass is 10.1. The molecule has 0 unspecified atom stereocenters. The van der Waals surface area contributed by atoms with Gasteiger partial charge in [0.15, 0.2) is 0 Å². The van der Waals surface area contributed by atoms with E-state index >= 15 is 0 Å². The van der Waals surface area contributed by atoms with Gasteiger partial charge in [-0.1, -0.05) is 0 Å². The van der Waals surface area contributed by atoms with Crippen molar-refractivity contribution in [1.82, 2.24) is 30.0 Å². The number of amides is 6. The smallest absolute Gasteiger partial charge is 0.326 e. The highest BCUT2D eigenvalue weighted by Crippen LogP contribution is 2.20. The number of nitrogens with one attached hydrogen (secondary N) is 2. The minimum atomic E-state index is -1.04. The first kappa shape index (κ1) is 21.3. The Morgan fingerprint density at radius 3 is 2.67 bits per heavy atom. The number of nitrogens with zero attached hydrogens (tertiary/aromatic N) is 4. The molecule has 3 heterocycles. The molecule has 0 radical (unpaired) electrons. The number of carbonyl (C=O) groups excluding carboxylic acids is 5. The lowest BCUT2D eigenvalue weighted by molar-refractivity contribution is -0.142. The maximum absolute atomic E-state index is 13.2. The summed E-state index contributed by atoms with van der Waals surface area (Å²) in [6, 6.07) is -3.39. The van der Waals surface area contributed by atoms with Gasteiger partial charge in [-0.15, -0.1) is 0 Å². The maximum atomic E-state index is 13.2. The topological polar surface area (TPSA) is 162 Å². The van der Waals surface area contributed by atoms with Crippen LogP contribution in [0.15, 0.2) is 12.5 Å². The average molecular weight is 419 g/mol. The second-order valence-corrected chi connectivity index (χ2v) is 7.50. The number of carbonyl (C=O) groups is 5. The Hall–Kier alpha value is -3.44. The summed E-state index contributed by atoms with van der Waals surface area (Å²) in [4.78, 5) is 72.3. The summed E-state index contributed by atoms with van der Waals surface area (Å²) >= 11 is 0. The van der Waals surface area contributed by atoms with E-state index in [1.54, 1.807) is 0 Å². The van der Waals surface area contributed by atoms with Gasteiger partial charge in [-0.05, 0) is 12.8 Å². The molecule has 0 aromatic carbocycles. The molecular formula is C18H25N7O5. The molecule has 30 heavy (non-hydrogen) atoms. The standard InChI is InChI=1S/C18H25N7O5/c1-23-13(7-14(26)24(2)18(23)30)16(28)22-11(6-10-8-20-9-21-10)17(29)25-5-3-4-12(25)15(19)27/h8-9,11-13H,3-7H2,1-2H3,(H2,19,27)(H,20,21)(H,22,28)/t11-,12-,13+/m1/s1. The second-order valence-electron chi connectivity index (χ2n) is 7.50. The van der Waals surface area contributed by atoms with Gasteiger partial charge in [-0.2, -0.15) is 0 Å². The third-order valence-corrected chi connectivity index (χ3v) is 5.56. The molecule has 12 nitrogen and oxygen atoms in total. The molecular weight excluding hydrogens is 394 g/mol. The van der Waals surface area contributed by atoms with Gasteiger partial charge in [0.25, 0.3) is 0 Å². The maximum Gasteiger partial charge on any atom is 0.326 e. The Balaban J connectivity index is 1.79. The number of imide groups is 1. The van der Waals surface area contributed by atoms with Crippen molar-refractivity contribution in [3.8, 4) is 0 Å². The molecule has 2 fully saturated rings. The predicted octanol–water partition coefficient (Wildman–Crippen LogP) is -1.80. The van der Waals surface area contributed by atoms with Crippen LogP contribution in [0.4, 0.5) is 4.79 Å². The number of rotatable bonds is 6. The normalized spacial score (nSPS) is 22.9. The number of H-pyrrole nitrogens is 1. The van der Waals surface area contributed by atoms with Crippen LogP contribution in [-0.4, -0.2) is 93.1 Å². The number of aromatic nitrogens is 2. The van der Waals surface area contributed by atoms with E-state index in [9.17, 15) is 24.0 Å². The summed E-state index contributed by atoms with van der Waals surface area (Å²) in [5.41, 5.74) is 6.02. The monoisotopic (exact) mass is 419 g/mol. The van der Waals surface area contributed by atoms with Crippen LogP contribution in [-0.2, 0) is 25.6 Å². The van der Waals surface area contributed by atoms with Crippen LogP contribution >= 0.6 is 0 Å². The molecule has 0 spiro atoms. The van der Waals surface area contributed by atoms with Gasteiger partial charge < -0.3 is 25.8 Å². The van der Waals surface area contributed by atoms with Crippen molar-refractivity contribution in [1.29, 1.82) is 0 Å². The molecule has 0 saturated carbocycles. The Morgan fingerprint density at radius 1 is 1.30 bits per heavy atom. The average Bonchev–Trinajstić information content (AvgIpc) is 3.39. The van der Waals surface area contributed by atoms with Crippen molar-refractivity contribution in [2.24, 2.45) is 5.73 Å². The molecule has 1 aromatic rings. The van der Waals surface area contributed by atoms with Crippen LogP contribution in [0.5, 0.6) is 0 Å². The fraction of sp³-hybridized carbons (Fsp3) is 0.556. The van der Waals surface area contributed by atoms with Crippen molar-refractivity contribution < 1.29 is 24.0 Å². The molecule has 2 aliphatic heterocycles. The van der Waals surface area contributed by atoms with Gasteiger partial charge >= 0.3 is 6.03 Å². The van der Waals surface area contributed by atoms with E-state index < -0.39 is 47.8 Å². The predicted molar refractivity (Wildman–Crippen MR) is 102 cm³/mol. The van der Waals surface area contributed by atoms with E-state index in [-0.39, 0.29) is 12.8 Å². The van der Waals surface area contributed by atoms with E-state index in [1.807, 2.05) is 0 Å². The summed E-state index contributed by atoms with van der Waals surface area (Å²) in [5.74, 6) is -2.16. The van der Waals surface area contributed by atoms with Crippen LogP contribution in [0.2, 0.25) is 0 Å². The third kappa shape index (κ3) is 4.11. The largest absolute Gasteiger partial charge is 0.368 e. The fourth-order valence-electron chi connectivity index (χ4n) is 3.80. The highest BCUT2D eigenvalue weighted by molar-refractivity contribution is 6.03. The highest BCUT2D eigenvalue weighted by Gasteiger charge is 2.41. The van der Waals surface area contributed by atoms with Crippen LogP contribution in [0.1, 0.15) is 25.0 Å². The van der Waals surface area contributed by atoms with Crippen LogP contribution in [0.3, 0.4) is 0 Å². The summed E-state index contributed by atoms with van der Waals surface area (Å²) in [7, 11) is 2.77. The lowest BCUT2D eigenvalue weighted by Gasteiger charge is -2.36. The third-order valence-electron chi connectivity index (χ3n) is 5.56. The van der Waals surface area contributed by atoms with Crippen molar-refractivity contribution in [2.75, 3.05) is 20.6 Å². The molecule has 2 aliphatic rings. The number of aromatic amines is 1. The molecule has 3 rings (SSSR count). The van der Waals surface area contributed by atoms with Crippen LogP contribution in [0, 0.1) is 0 Å². The first-order chi connectivity index (χ1) is 14.2. The molecule has 1 aromatic heterocycles. The molecule has 0 aliphatic carbocycles. The lowest BCUT2D eigenvalue weighted by Crippen LogP contribution is -2.61. The number of primary amides is 1. The highest BCUT2D eigenvalue weighted by atomic mass is 16.2. The molecule has 0 bridgehead atoms. The van der Waals surface area contributed by atoms with Crippen molar-refractivity contribution >= 4 is 29.7 Å². The number of hydrogen-bond donors (Lipinski definition) is 3. The zero-order chi connectivity index (χ0) is 22.0. The van der Waals surface area contributed by atoms with Gasteiger partial charge in [0.05, 0.1) is 12.7 Å². The quantitative estimate of drug-likeness (QED) is 0.492. The van der Waals surface area contributed by atoms with Crippen molar-refractivity contribution in [3.63, 3.8) is 0 Å². The molecule has 12 heteroatoms. The van der Waals surface area contributed by atoms with Crippen LogP contribution < -0.4 is 11.1 Å².